The van der Waals surface area contributed by atoms with Crippen LogP contribution >= 0.6 is 11.3 Å². The highest BCUT2D eigenvalue weighted by atomic mass is 32.1. The van der Waals surface area contributed by atoms with Gasteiger partial charge in [0.05, 0.1) is 12.0 Å². The van der Waals surface area contributed by atoms with Crippen molar-refractivity contribution < 1.29 is 4.74 Å². The molecule has 5 nitrogen and oxygen atoms in total. The molecule has 0 spiro atoms. The lowest BCUT2D eigenvalue weighted by molar-refractivity contribution is 0.203. The molecule has 0 fully saturated rings. The van der Waals surface area contributed by atoms with E-state index < -0.39 is 0 Å². The van der Waals surface area contributed by atoms with E-state index in [1.165, 1.54) is 0 Å². The van der Waals surface area contributed by atoms with Crippen LogP contribution in [0.25, 0.3) is 10.2 Å². The van der Waals surface area contributed by atoms with Crippen LogP contribution in [0.2, 0.25) is 0 Å². The number of rotatable bonds is 8. The predicted octanol–water partition coefficient (Wildman–Crippen LogP) is 3.37. The molecule has 1 N–H and O–H groups in total. The second-order valence-electron chi connectivity index (χ2n) is 5.22. The summed E-state index contributed by atoms with van der Waals surface area (Å²) in [5.41, 5.74) is 0. The van der Waals surface area contributed by atoms with Gasteiger partial charge in [0.15, 0.2) is 0 Å². The molecule has 0 aromatic carbocycles. The number of methoxy groups -OCH3 is 1. The summed E-state index contributed by atoms with van der Waals surface area (Å²) in [7, 11) is 1.73. The first-order valence-electron chi connectivity index (χ1n) is 7.42. The summed E-state index contributed by atoms with van der Waals surface area (Å²) >= 11 is 1.65. The van der Waals surface area contributed by atoms with Crippen LogP contribution < -0.4 is 10.2 Å². The first-order valence-corrected chi connectivity index (χ1v) is 8.30. The molecule has 0 aliphatic heterocycles. The van der Waals surface area contributed by atoms with Gasteiger partial charge in [0.2, 0.25) is 5.95 Å². The number of fused-ring (bicyclic) bond motifs is 1. The Bertz CT molecular complexity index is 570. The van der Waals surface area contributed by atoms with Crippen LogP contribution in [0.5, 0.6) is 0 Å². The Hall–Kier alpha value is -1.40. The van der Waals surface area contributed by atoms with Crippen molar-refractivity contribution in [2.24, 2.45) is 0 Å². The van der Waals surface area contributed by atoms with Crippen molar-refractivity contribution in [2.45, 2.75) is 33.2 Å². The second kappa shape index (κ2) is 7.56. The van der Waals surface area contributed by atoms with Gasteiger partial charge in [-0.05, 0) is 31.7 Å². The van der Waals surface area contributed by atoms with Crippen molar-refractivity contribution in [2.75, 3.05) is 37.0 Å². The van der Waals surface area contributed by atoms with E-state index in [1.54, 1.807) is 18.4 Å². The maximum Gasteiger partial charge on any atom is 0.226 e. The average molecular weight is 308 g/mol. The Morgan fingerprint density at radius 1 is 1.38 bits per heavy atom. The van der Waals surface area contributed by atoms with Gasteiger partial charge in [0.1, 0.15) is 10.6 Å². The molecule has 2 heterocycles. The third-order valence-electron chi connectivity index (χ3n) is 3.27. The monoisotopic (exact) mass is 308 g/mol. The van der Waals surface area contributed by atoms with E-state index in [2.05, 4.69) is 47.4 Å². The van der Waals surface area contributed by atoms with Gasteiger partial charge in [-0.3, -0.25) is 0 Å². The van der Waals surface area contributed by atoms with Crippen LogP contribution in [0.3, 0.4) is 0 Å². The summed E-state index contributed by atoms with van der Waals surface area (Å²) in [5.74, 6) is 1.71. The fourth-order valence-electron chi connectivity index (χ4n) is 2.17. The molecular weight excluding hydrogens is 284 g/mol. The summed E-state index contributed by atoms with van der Waals surface area (Å²) < 4.78 is 5.23. The number of thiophene rings is 1. The first kappa shape index (κ1) is 16.0. The number of ether oxygens (including phenoxy) is 1. The smallest absolute Gasteiger partial charge is 0.226 e. The van der Waals surface area contributed by atoms with Gasteiger partial charge in [-0.1, -0.05) is 6.92 Å². The van der Waals surface area contributed by atoms with Crippen LogP contribution in [-0.4, -0.2) is 42.8 Å². The van der Waals surface area contributed by atoms with Crippen LogP contribution in [0, 0.1) is 0 Å². The molecule has 0 aliphatic carbocycles. The van der Waals surface area contributed by atoms with E-state index in [0.29, 0.717) is 18.6 Å². The van der Waals surface area contributed by atoms with E-state index >= 15 is 0 Å². The first-order chi connectivity index (χ1) is 10.2. The second-order valence-corrected chi connectivity index (χ2v) is 6.11. The third-order valence-corrected chi connectivity index (χ3v) is 4.08. The minimum atomic E-state index is 0.358. The molecule has 0 unspecified atom stereocenters. The number of aromatic nitrogens is 2. The molecule has 0 aliphatic rings. The molecule has 2 aromatic heterocycles. The highest BCUT2D eigenvalue weighted by Gasteiger charge is 2.17. The summed E-state index contributed by atoms with van der Waals surface area (Å²) in [6.07, 6.45) is 1.05. The lowest BCUT2D eigenvalue weighted by atomic mass is 10.2. The van der Waals surface area contributed by atoms with Crippen molar-refractivity contribution in [3.63, 3.8) is 0 Å². The largest absolute Gasteiger partial charge is 0.383 e. The summed E-state index contributed by atoms with van der Waals surface area (Å²) in [4.78, 5) is 12.6. The molecule has 21 heavy (non-hydrogen) atoms. The Kier molecular flexibility index (Phi) is 5.76. The Labute approximate surface area is 130 Å². The Morgan fingerprint density at radius 2 is 2.19 bits per heavy atom. The molecular formula is C15H24N4OS. The fourth-order valence-corrected chi connectivity index (χ4v) is 2.93. The standard InChI is InChI=1S/C15H24N4OS/c1-5-7-16-15-17-13(12-6-10-21-14(12)18-15)19(11(2)3)8-9-20-4/h6,10-11H,5,7-9H2,1-4H3,(H,16,17,18). The number of hydrogen-bond acceptors (Lipinski definition) is 6. The highest BCUT2D eigenvalue weighted by Crippen LogP contribution is 2.30. The summed E-state index contributed by atoms with van der Waals surface area (Å²) in [5, 5.41) is 6.48. The normalized spacial score (nSPS) is 11.3. The number of nitrogens with zero attached hydrogens (tertiary/aromatic N) is 3. The number of hydrogen-bond donors (Lipinski definition) is 1. The Morgan fingerprint density at radius 3 is 2.86 bits per heavy atom. The maximum absolute atomic E-state index is 5.23. The molecule has 0 saturated carbocycles. The number of nitrogens with one attached hydrogen (secondary N) is 1. The lowest BCUT2D eigenvalue weighted by Gasteiger charge is -2.28. The molecule has 0 atom stereocenters. The zero-order valence-electron chi connectivity index (χ0n) is 13.2. The van der Waals surface area contributed by atoms with E-state index in [1.807, 2.05) is 0 Å². The Balaban J connectivity index is 2.40. The van der Waals surface area contributed by atoms with E-state index in [9.17, 15) is 0 Å². The van der Waals surface area contributed by atoms with Gasteiger partial charge in [0.25, 0.3) is 0 Å². The van der Waals surface area contributed by atoms with E-state index in [0.717, 1.165) is 35.5 Å². The molecule has 0 radical (unpaired) electrons. The van der Waals surface area contributed by atoms with Gasteiger partial charge < -0.3 is 15.0 Å². The van der Waals surface area contributed by atoms with Crippen LogP contribution in [0.4, 0.5) is 11.8 Å². The van der Waals surface area contributed by atoms with Gasteiger partial charge in [-0.25, -0.2) is 4.98 Å². The zero-order valence-corrected chi connectivity index (χ0v) is 14.0. The van der Waals surface area contributed by atoms with Gasteiger partial charge in [-0.2, -0.15) is 4.98 Å². The summed E-state index contributed by atoms with van der Waals surface area (Å²) in [6.45, 7) is 8.88. The lowest BCUT2D eigenvalue weighted by Crippen LogP contribution is -2.34. The predicted molar refractivity (Wildman–Crippen MR) is 90.6 cm³/mol. The number of anilines is 2. The van der Waals surface area contributed by atoms with Crippen molar-refractivity contribution >= 4 is 33.3 Å². The van der Waals surface area contributed by atoms with Crippen molar-refractivity contribution in [3.8, 4) is 0 Å². The van der Waals surface area contributed by atoms with Crippen LogP contribution in [0.15, 0.2) is 11.4 Å². The van der Waals surface area contributed by atoms with Crippen molar-refractivity contribution in [1.29, 1.82) is 0 Å². The zero-order chi connectivity index (χ0) is 15.2. The molecule has 0 bridgehead atoms. The van der Waals surface area contributed by atoms with Crippen molar-refractivity contribution in [1.82, 2.24) is 9.97 Å². The third kappa shape index (κ3) is 3.83. The van der Waals surface area contributed by atoms with Crippen LogP contribution in [0.1, 0.15) is 27.2 Å². The quantitative estimate of drug-likeness (QED) is 0.810. The fraction of sp³-hybridized carbons (Fsp3) is 0.600. The molecule has 2 aromatic rings. The average Bonchev–Trinajstić information content (AvgIpc) is 2.93. The van der Waals surface area contributed by atoms with E-state index in [4.69, 9.17) is 9.72 Å². The molecule has 116 valence electrons. The van der Waals surface area contributed by atoms with Gasteiger partial charge in [-0.15, -0.1) is 11.3 Å². The highest BCUT2D eigenvalue weighted by molar-refractivity contribution is 7.16. The molecule has 2 rings (SSSR count). The van der Waals surface area contributed by atoms with Crippen molar-refractivity contribution in [3.05, 3.63) is 11.4 Å². The van der Waals surface area contributed by atoms with Crippen LogP contribution in [-0.2, 0) is 4.74 Å². The SMILES string of the molecule is CCCNc1nc(N(CCOC)C(C)C)c2ccsc2n1. The van der Waals surface area contributed by atoms with Gasteiger partial charge in [0, 0.05) is 26.2 Å². The summed E-state index contributed by atoms with van der Waals surface area (Å²) in [6, 6.07) is 2.46. The minimum absolute atomic E-state index is 0.358. The molecule has 0 saturated heterocycles. The van der Waals surface area contributed by atoms with Gasteiger partial charge >= 0.3 is 0 Å². The molecule has 0 amide bonds. The maximum atomic E-state index is 5.23. The minimum Gasteiger partial charge on any atom is -0.383 e. The van der Waals surface area contributed by atoms with E-state index in [-0.39, 0.29) is 0 Å². The molecule has 6 heteroatoms. The topological polar surface area (TPSA) is 50.3 Å².